The van der Waals surface area contributed by atoms with Crippen molar-refractivity contribution in [2.75, 3.05) is 14.2 Å². The lowest BCUT2D eigenvalue weighted by molar-refractivity contribution is -0.146. The molecule has 5 heteroatoms. The van der Waals surface area contributed by atoms with Crippen LogP contribution in [0.25, 0.3) is 0 Å². The van der Waals surface area contributed by atoms with Gasteiger partial charge in [-0.15, -0.1) is 0 Å². The molecule has 0 aliphatic rings. The molecule has 0 fully saturated rings. The number of aldehydes is 1. The van der Waals surface area contributed by atoms with Crippen LogP contribution in [0.2, 0.25) is 0 Å². The Balaban J connectivity index is 2.40. The summed E-state index contributed by atoms with van der Waals surface area (Å²) in [6.07, 6.45) is 1.19. The second kappa shape index (κ2) is 8.44. The minimum absolute atomic E-state index is 0.223. The van der Waals surface area contributed by atoms with Crippen LogP contribution >= 0.6 is 0 Å². The molecule has 2 N–H and O–H groups in total. The van der Waals surface area contributed by atoms with Crippen LogP contribution in [-0.2, 0) is 22.4 Å². The number of para-hydroxylation sites is 1. The summed E-state index contributed by atoms with van der Waals surface area (Å²) >= 11 is 0. The van der Waals surface area contributed by atoms with Crippen LogP contribution in [0, 0.1) is 5.92 Å². The topological polar surface area (TPSA) is 75.6 Å². The lowest BCUT2D eigenvalue weighted by Crippen LogP contribution is -2.56. The number of carbonyl (C=O) groups excluding carboxylic acids is 1. The average Bonchev–Trinajstić information content (AvgIpc) is 2.65. The number of nitrogens with one attached hydrogen (secondary N) is 1. The highest BCUT2D eigenvalue weighted by atomic mass is 16.5. The normalized spacial score (nSPS) is 14.3. The zero-order chi connectivity index (χ0) is 18.3. The Labute approximate surface area is 147 Å². The van der Waals surface area contributed by atoms with Crippen LogP contribution in [0.5, 0.6) is 5.75 Å². The number of ether oxygens (including phenoxy) is 1. The van der Waals surface area contributed by atoms with Gasteiger partial charge in [-0.05, 0) is 30.7 Å². The molecule has 0 radical (unpaired) electrons. The largest absolute Gasteiger partial charge is 0.496 e. The lowest BCUT2D eigenvalue weighted by Gasteiger charge is -2.34. The monoisotopic (exact) mass is 341 g/mol. The molecule has 0 saturated carbocycles. The zero-order valence-corrected chi connectivity index (χ0v) is 14.4. The summed E-state index contributed by atoms with van der Waals surface area (Å²) in [6, 6.07) is 16.6. The van der Waals surface area contributed by atoms with Gasteiger partial charge in [-0.2, -0.15) is 0 Å². The van der Waals surface area contributed by atoms with Gasteiger partial charge in [0.15, 0.2) is 0 Å². The number of carboxylic acids is 1. The fraction of sp³-hybridized carbons (Fsp3) is 0.300. The number of hydrogen-bond acceptors (Lipinski definition) is 4. The molecule has 5 nitrogen and oxygen atoms in total. The first-order chi connectivity index (χ1) is 12.1. The van der Waals surface area contributed by atoms with Gasteiger partial charge in [0.05, 0.1) is 18.6 Å². The fourth-order valence-corrected chi connectivity index (χ4v) is 3.07. The molecule has 2 aromatic carbocycles. The van der Waals surface area contributed by atoms with Crippen LogP contribution in [0.15, 0.2) is 54.6 Å². The summed E-state index contributed by atoms with van der Waals surface area (Å²) in [5.41, 5.74) is 0.415. The second-order valence-electron chi connectivity index (χ2n) is 5.98. The van der Waals surface area contributed by atoms with Crippen LogP contribution in [0.1, 0.15) is 11.1 Å². The van der Waals surface area contributed by atoms with Gasteiger partial charge in [0.2, 0.25) is 0 Å². The highest BCUT2D eigenvalue weighted by Gasteiger charge is 2.42. The molecule has 0 spiro atoms. The standard InChI is InChI=1S/C20H23NO4/c1-21-20(14-22,13-16-10-6-7-11-18(16)25-2)17(19(23)24)12-15-8-4-3-5-9-15/h3-11,14,17,21H,12-13H2,1-2H3,(H,23,24). The maximum Gasteiger partial charge on any atom is 0.309 e. The number of hydrogen-bond donors (Lipinski definition) is 2. The van der Waals surface area contributed by atoms with Crippen LogP contribution in [0.4, 0.5) is 0 Å². The van der Waals surface area contributed by atoms with Gasteiger partial charge in [0.25, 0.3) is 0 Å². The number of likely N-dealkylation sites (N-methyl/N-ethyl adjacent to an activating group) is 1. The van der Waals surface area contributed by atoms with E-state index in [1.165, 1.54) is 0 Å². The zero-order valence-electron chi connectivity index (χ0n) is 14.4. The highest BCUT2D eigenvalue weighted by Crippen LogP contribution is 2.29. The maximum atomic E-state index is 12.0. The molecule has 0 aliphatic heterocycles. The van der Waals surface area contributed by atoms with E-state index in [0.717, 1.165) is 11.1 Å². The van der Waals surface area contributed by atoms with Gasteiger partial charge >= 0.3 is 5.97 Å². The number of benzene rings is 2. The van der Waals surface area contributed by atoms with Crippen molar-refractivity contribution in [1.82, 2.24) is 5.32 Å². The minimum Gasteiger partial charge on any atom is -0.496 e. The van der Waals surface area contributed by atoms with Gasteiger partial charge in [-0.1, -0.05) is 48.5 Å². The van der Waals surface area contributed by atoms with Crippen molar-refractivity contribution < 1.29 is 19.4 Å². The summed E-state index contributed by atoms with van der Waals surface area (Å²) in [5.74, 6) is -1.30. The summed E-state index contributed by atoms with van der Waals surface area (Å²) in [5, 5.41) is 12.8. The molecule has 0 aliphatic carbocycles. The van der Waals surface area contributed by atoms with E-state index in [4.69, 9.17) is 4.74 Å². The number of carbonyl (C=O) groups is 2. The van der Waals surface area contributed by atoms with Crippen LogP contribution < -0.4 is 10.1 Å². The summed E-state index contributed by atoms with van der Waals surface area (Å²) < 4.78 is 5.35. The molecule has 0 heterocycles. The quantitative estimate of drug-likeness (QED) is 0.685. The number of carboxylic acid groups (broad SMARTS) is 1. The van der Waals surface area contributed by atoms with Gasteiger partial charge < -0.3 is 20.0 Å². The Kier molecular flexibility index (Phi) is 6.31. The summed E-state index contributed by atoms with van der Waals surface area (Å²) in [6.45, 7) is 0. The van der Waals surface area contributed by atoms with Crippen molar-refractivity contribution in [2.24, 2.45) is 5.92 Å². The van der Waals surface area contributed by atoms with E-state index < -0.39 is 17.4 Å². The predicted octanol–water partition coefficient (Wildman–Crippen LogP) is 2.34. The Morgan fingerprint density at radius 2 is 1.84 bits per heavy atom. The Hall–Kier alpha value is -2.66. The molecule has 0 saturated heterocycles. The fourth-order valence-electron chi connectivity index (χ4n) is 3.07. The molecule has 2 rings (SSSR count). The van der Waals surface area contributed by atoms with Gasteiger partial charge in [-0.3, -0.25) is 4.79 Å². The third-order valence-corrected chi connectivity index (χ3v) is 4.55. The molecule has 25 heavy (non-hydrogen) atoms. The van der Waals surface area contributed by atoms with Crippen molar-refractivity contribution in [2.45, 2.75) is 18.4 Å². The van der Waals surface area contributed by atoms with Crippen molar-refractivity contribution in [3.63, 3.8) is 0 Å². The smallest absolute Gasteiger partial charge is 0.309 e. The molecule has 2 aromatic rings. The molecular weight excluding hydrogens is 318 g/mol. The van der Waals surface area contributed by atoms with Crippen molar-refractivity contribution in [1.29, 1.82) is 0 Å². The third-order valence-electron chi connectivity index (χ3n) is 4.55. The predicted molar refractivity (Wildman–Crippen MR) is 95.8 cm³/mol. The third kappa shape index (κ3) is 4.25. The summed E-state index contributed by atoms with van der Waals surface area (Å²) in [4.78, 5) is 24.0. The van der Waals surface area contributed by atoms with Gasteiger partial charge in [0.1, 0.15) is 12.0 Å². The first kappa shape index (κ1) is 18.7. The molecular formula is C20H23NO4. The van der Waals surface area contributed by atoms with Gasteiger partial charge in [-0.25, -0.2) is 0 Å². The first-order valence-electron chi connectivity index (χ1n) is 8.10. The van der Waals surface area contributed by atoms with Crippen LogP contribution in [-0.4, -0.2) is 37.1 Å². The maximum absolute atomic E-state index is 12.0. The van der Waals surface area contributed by atoms with E-state index in [-0.39, 0.29) is 12.8 Å². The van der Waals surface area contributed by atoms with Crippen molar-refractivity contribution in [3.8, 4) is 5.75 Å². The van der Waals surface area contributed by atoms with Crippen LogP contribution in [0.3, 0.4) is 0 Å². The Morgan fingerprint density at radius 1 is 1.20 bits per heavy atom. The molecule has 0 aromatic heterocycles. The molecule has 0 amide bonds. The lowest BCUT2D eigenvalue weighted by atomic mass is 9.76. The molecule has 132 valence electrons. The highest BCUT2D eigenvalue weighted by molar-refractivity contribution is 5.81. The van der Waals surface area contributed by atoms with E-state index >= 15 is 0 Å². The van der Waals surface area contributed by atoms with E-state index in [2.05, 4.69) is 5.32 Å². The Bertz CT molecular complexity index is 717. The summed E-state index contributed by atoms with van der Waals surface area (Å²) in [7, 11) is 3.17. The van der Waals surface area contributed by atoms with E-state index in [1.54, 1.807) is 20.2 Å². The molecule has 0 bridgehead atoms. The number of rotatable bonds is 9. The first-order valence-corrected chi connectivity index (χ1v) is 8.10. The number of methoxy groups -OCH3 is 1. The SMILES string of the molecule is CNC(C=O)(Cc1ccccc1OC)C(Cc1ccccc1)C(=O)O. The molecule has 2 unspecified atom stereocenters. The van der Waals surface area contributed by atoms with Crippen molar-refractivity contribution >= 4 is 12.3 Å². The minimum atomic E-state index is -1.24. The van der Waals surface area contributed by atoms with E-state index in [1.807, 2.05) is 48.5 Å². The van der Waals surface area contributed by atoms with E-state index in [0.29, 0.717) is 12.0 Å². The van der Waals surface area contributed by atoms with Gasteiger partial charge in [0, 0.05) is 6.42 Å². The molecule has 2 atom stereocenters. The second-order valence-corrected chi connectivity index (χ2v) is 5.98. The number of aliphatic carboxylic acids is 1. The Morgan fingerprint density at radius 3 is 2.40 bits per heavy atom. The van der Waals surface area contributed by atoms with Crippen molar-refractivity contribution in [3.05, 3.63) is 65.7 Å². The van der Waals surface area contributed by atoms with E-state index in [9.17, 15) is 14.7 Å². The average molecular weight is 341 g/mol.